The molecule has 1 unspecified atom stereocenters. The van der Waals surface area contributed by atoms with Crippen LogP contribution in [0.1, 0.15) is 11.7 Å². The molecule has 1 N–H and O–H groups in total. The van der Waals surface area contributed by atoms with E-state index in [2.05, 4.69) is 14.9 Å². The molecule has 1 rings (SSSR count). The first-order valence-electron chi connectivity index (χ1n) is 5.53. The molecule has 1 aromatic heterocycles. The van der Waals surface area contributed by atoms with E-state index in [1.807, 2.05) is 0 Å². The first kappa shape index (κ1) is 15.9. The standard InChI is InChI=1S/C10H15F3N2O4/c1-17-5-7(16)4-9-14-8(15-19-9)2-3-18-6-10(11,12)13/h7,16H,2-6H2,1H3. The van der Waals surface area contributed by atoms with Gasteiger partial charge in [0.05, 0.1) is 25.7 Å². The molecule has 0 aromatic carbocycles. The van der Waals surface area contributed by atoms with E-state index in [9.17, 15) is 18.3 Å². The molecule has 9 heteroatoms. The molecule has 1 aromatic rings. The fraction of sp³-hybridized carbons (Fsp3) is 0.800. The minimum Gasteiger partial charge on any atom is -0.390 e. The maximum absolute atomic E-state index is 11.8. The Morgan fingerprint density at radius 1 is 1.42 bits per heavy atom. The Balaban J connectivity index is 2.27. The van der Waals surface area contributed by atoms with Gasteiger partial charge in [0.2, 0.25) is 5.89 Å². The van der Waals surface area contributed by atoms with Gasteiger partial charge in [-0.25, -0.2) is 0 Å². The number of alkyl halides is 3. The van der Waals surface area contributed by atoms with E-state index in [-0.39, 0.29) is 37.8 Å². The van der Waals surface area contributed by atoms with E-state index in [4.69, 9.17) is 9.26 Å². The van der Waals surface area contributed by atoms with Crippen molar-refractivity contribution in [3.63, 3.8) is 0 Å². The summed E-state index contributed by atoms with van der Waals surface area (Å²) >= 11 is 0. The average Bonchev–Trinajstić information content (AvgIpc) is 2.71. The van der Waals surface area contributed by atoms with Crippen molar-refractivity contribution >= 4 is 0 Å². The quantitative estimate of drug-likeness (QED) is 0.709. The van der Waals surface area contributed by atoms with Gasteiger partial charge >= 0.3 is 6.18 Å². The summed E-state index contributed by atoms with van der Waals surface area (Å²) in [4.78, 5) is 3.91. The third-order valence-corrected chi connectivity index (χ3v) is 2.02. The van der Waals surface area contributed by atoms with Crippen LogP contribution in [0.2, 0.25) is 0 Å². The van der Waals surface area contributed by atoms with Crippen molar-refractivity contribution in [2.75, 3.05) is 26.9 Å². The summed E-state index contributed by atoms with van der Waals surface area (Å²) < 4.78 is 49.3. The molecule has 0 aliphatic heterocycles. The zero-order valence-corrected chi connectivity index (χ0v) is 10.3. The Morgan fingerprint density at radius 2 is 2.16 bits per heavy atom. The van der Waals surface area contributed by atoms with Crippen LogP contribution in [0.25, 0.3) is 0 Å². The number of hydrogen-bond acceptors (Lipinski definition) is 6. The lowest BCUT2D eigenvalue weighted by Crippen LogP contribution is -2.18. The van der Waals surface area contributed by atoms with E-state index >= 15 is 0 Å². The molecule has 0 amide bonds. The highest BCUT2D eigenvalue weighted by Gasteiger charge is 2.27. The number of aromatic nitrogens is 2. The van der Waals surface area contributed by atoms with Gasteiger partial charge in [0.25, 0.3) is 0 Å². The number of halogens is 3. The molecule has 0 aliphatic rings. The third-order valence-electron chi connectivity index (χ3n) is 2.02. The summed E-state index contributed by atoms with van der Waals surface area (Å²) in [5.41, 5.74) is 0. The third kappa shape index (κ3) is 7.09. The van der Waals surface area contributed by atoms with Crippen molar-refractivity contribution < 1.29 is 32.3 Å². The van der Waals surface area contributed by atoms with Gasteiger partial charge in [-0.05, 0) is 0 Å². The summed E-state index contributed by atoms with van der Waals surface area (Å²) in [5, 5.41) is 13.0. The predicted molar refractivity (Wildman–Crippen MR) is 56.5 cm³/mol. The van der Waals surface area contributed by atoms with Crippen LogP contribution in [0.15, 0.2) is 4.52 Å². The van der Waals surface area contributed by atoms with Crippen LogP contribution in [0.5, 0.6) is 0 Å². The Labute approximate surface area is 107 Å². The highest BCUT2D eigenvalue weighted by Crippen LogP contribution is 2.14. The summed E-state index contributed by atoms with van der Waals surface area (Å²) in [6.07, 6.45) is -4.86. The SMILES string of the molecule is COCC(O)Cc1nc(CCOCC(F)(F)F)no1. The Kier molecular flexibility index (Phi) is 6.19. The second kappa shape index (κ2) is 7.41. The zero-order chi connectivity index (χ0) is 14.3. The molecular weight excluding hydrogens is 269 g/mol. The van der Waals surface area contributed by atoms with E-state index < -0.39 is 18.9 Å². The van der Waals surface area contributed by atoms with E-state index in [0.717, 1.165) is 0 Å². The van der Waals surface area contributed by atoms with Crippen LogP contribution < -0.4 is 0 Å². The van der Waals surface area contributed by atoms with Gasteiger partial charge in [0.15, 0.2) is 5.82 Å². The van der Waals surface area contributed by atoms with Crippen molar-refractivity contribution in [2.24, 2.45) is 0 Å². The molecule has 0 spiro atoms. The number of ether oxygens (including phenoxy) is 2. The lowest BCUT2D eigenvalue weighted by molar-refractivity contribution is -0.173. The van der Waals surface area contributed by atoms with Crippen LogP contribution in [0.3, 0.4) is 0 Å². The Bertz CT molecular complexity index is 370. The fourth-order valence-corrected chi connectivity index (χ4v) is 1.28. The summed E-state index contributed by atoms with van der Waals surface area (Å²) in [7, 11) is 1.44. The first-order chi connectivity index (χ1) is 8.90. The monoisotopic (exact) mass is 284 g/mol. The normalized spacial score (nSPS) is 13.7. The Morgan fingerprint density at radius 3 is 2.79 bits per heavy atom. The molecule has 1 atom stereocenters. The van der Waals surface area contributed by atoms with Gasteiger partial charge in [0, 0.05) is 13.5 Å². The van der Waals surface area contributed by atoms with E-state index in [1.165, 1.54) is 7.11 Å². The van der Waals surface area contributed by atoms with Gasteiger partial charge in [-0.1, -0.05) is 5.16 Å². The number of aliphatic hydroxyl groups is 1. The molecular formula is C10H15F3N2O4. The summed E-state index contributed by atoms with van der Waals surface area (Å²) in [6.45, 7) is -1.32. The topological polar surface area (TPSA) is 77.6 Å². The van der Waals surface area contributed by atoms with Crippen molar-refractivity contribution in [2.45, 2.75) is 25.1 Å². The highest BCUT2D eigenvalue weighted by molar-refractivity contribution is 4.88. The molecule has 0 bridgehead atoms. The largest absolute Gasteiger partial charge is 0.411 e. The van der Waals surface area contributed by atoms with Crippen molar-refractivity contribution in [3.8, 4) is 0 Å². The lowest BCUT2D eigenvalue weighted by Gasteiger charge is -2.05. The smallest absolute Gasteiger partial charge is 0.390 e. The van der Waals surface area contributed by atoms with E-state index in [1.54, 1.807) is 0 Å². The molecule has 0 saturated heterocycles. The fourth-order valence-electron chi connectivity index (χ4n) is 1.28. The summed E-state index contributed by atoms with van der Waals surface area (Å²) in [5.74, 6) is 0.442. The van der Waals surface area contributed by atoms with E-state index in [0.29, 0.717) is 0 Å². The van der Waals surface area contributed by atoms with Gasteiger partial charge in [-0.3, -0.25) is 0 Å². The van der Waals surface area contributed by atoms with Crippen LogP contribution >= 0.6 is 0 Å². The van der Waals surface area contributed by atoms with Crippen LogP contribution in [0, 0.1) is 0 Å². The molecule has 0 saturated carbocycles. The molecule has 0 radical (unpaired) electrons. The molecule has 1 heterocycles. The van der Waals surface area contributed by atoms with Crippen LogP contribution in [0.4, 0.5) is 13.2 Å². The van der Waals surface area contributed by atoms with Crippen molar-refractivity contribution in [1.82, 2.24) is 10.1 Å². The maximum Gasteiger partial charge on any atom is 0.411 e. The number of methoxy groups -OCH3 is 1. The second-order valence-electron chi connectivity index (χ2n) is 3.84. The van der Waals surface area contributed by atoms with Gasteiger partial charge in [0.1, 0.15) is 6.61 Å². The summed E-state index contributed by atoms with van der Waals surface area (Å²) in [6, 6.07) is 0. The number of rotatable bonds is 8. The number of hydrogen-bond donors (Lipinski definition) is 1. The second-order valence-corrected chi connectivity index (χ2v) is 3.84. The van der Waals surface area contributed by atoms with Crippen molar-refractivity contribution in [1.29, 1.82) is 0 Å². The average molecular weight is 284 g/mol. The van der Waals surface area contributed by atoms with Gasteiger partial charge in [-0.2, -0.15) is 18.2 Å². The van der Waals surface area contributed by atoms with Gasteiger partial charge < -0.3 is 19.1 Å². The highest BCUT2D eigenvalue weighted by atomic mass is 19.4. The molecule has 19 heavy (non-hydrogen) atoms. The maximum atomic E-state index is 11.8. The number of nitrogens with zero attached hydrogens (tertiary/aromatic N) is 2. The first-order valence-corrected chi connectivity index (χ1v) is 5.53. The minimum atomic E-state index is -4.34. The van der Waals surface area contributed by atoms with Gasteiger partial charge in [-0.15, -0.1) is 0 Å². The molecule has 0 aliphatic carbocycles. The minimum absolute atomic E-state index is 0.111. The molecule has 110 valence electrons. The van der Waals surface area contributed by atoms with Crippen molar-refractivity contribution in [3.05, 3.63) is 11.7 Å². The predicted octanol–water partition coefficient (Wildman–Crippen LogP) is 0.741. The van der Waals surface area contributed by atoms with Crippen LogP contribution in [-0.2, 0) is 22.3 Å². The van der Waals surface area contributed by atoms with Crippen LogP contribution in [-0.4, -0.2) is 54.5 Å². The molecule has 6 nitrogen and oxygen atoms in total. The Hall–Kier alpha value is -1.19. The number of aliphatic hydroxyl groups excluding tert-OH is 1. The molecule has 0 fully saturated rings. The zero-order valence-electron chi connectivity index (χ0n) is 10.3. The lowest BCUT2D eigenvalue weighted by atomic mass is 10.3.